The van der Waals surface area contributed by atoms with Crippen molar-refractivity contribution in [1.82, 2.24) is 0 Å². The van der Waals surface area contributed by atoms with E-state index < -0.39 is 6.10 Å². The van der Waals surface area contributed by atoms with Crippen LogP contribution in [0.2, 0.25) is 0 Å². The number of halogens is 1. The summed E-state index contributed by atoms with van der Waals surface area (Å²) in [6, 6.07) is 4.97. The Bertz CT molecular complexity index is 405. The van der Waals surface area contributed by atoms with Crippen LogP contribution in [-0.4, -0.2) is 18.7 Å². The second-order valence-corrected chi connectivity index (χ2v) is 5.24. The highest BCUT2D eigenvalue weighted by atomic mass is 19.1. The molecule has 1 aliphatic carbocycles. The van der Waals surface area contributed by atoms with Crippen molar-refractivity contribution >= 4 is 5.69 Å². The molecule has 2 unspecified atom stereocenters. The van der Waals surface area contributed by atoms with Crippen molar-refractivity contribution < 1.29 is 9.50 Å². The highest BCUT2D eigenvalue weighted by molar-refractivity contribution is 5.49. The number of rotatable bonds is 4. The molecule has 0 aliphatic heterocycles. The summed E-state index contributed by atoms with van der Waals surface area (Å²) in [6.07, 6.45) is 0.630. The van der Waals surface area contributed by atoms with Crippen LogP contribution >= 0.6 is 0 Å². The molecular weight excluding hydrogens is 217 g/mol. The molecule has 2 rings (SSSR count). The molecule has 1 aliphatic rings. The van der Waals surface area contributed by atoms with Gasteiger partial charge in [-0.15, -0.1) is 0 Å². The molecule has 0 spiro atoms. The maximum Gasteiger partial charge on any atom is 0.146 e. The first-order chi connectivity index (χ1) is 7.99. The van der Waals surface area contributed by atoms with Gasteiger partial charge in [0.15, 0.2) is 0 Å². The topological polar surface area (TPSA) is 23.5 Å². The summed E-state index contributed by atoms with van der Waals surface area (Å²) in [5, 5.41) is 9.39. The van der Waals surface area contributed by atoms with Gasteiger partial charge in [-0.25, -0.2) is 4.39 Å². The van der Waals surface area contributed by atoms with Crippen LogP contribution in [0.5, 0.6) is 0 Å². The summed E-state index contributed by atoms with van der Waals surface area (Å²) in [5.41, 5.74) is 1.24. The molecule has 1 aromatic carbocycles. The molecule has 1 saturated carbocycles. The quantitative estimate of drug-likeness (QED) is 0.870. The van der Waals surface area contributed by atoms with E-state index in [4.69, 9.17) is 0 Å². The van der Waals surface area contributed by atoms with Crippen LogP contribution in [0.4, 0.5) is 10.1 Å². The first-order valence-electron chi connectivity index (χ1n) is 6.17. The number of aliphatic hydroxyl groups excluding tert-OH is 1. The van der Waals surface area contributed by atoms with Gasteiger partial charge in [0, 0.05) is 13.6 Å². The fourth-order valence-electron chi connectivity index (χ4n) is 2.20. The lowest BCUT2D eigenvalue weighted by Gasteiger charge is -2.20. The Hall–Kier alpha value is -1.09. The predicted molar refractivity (Wildman–Crippen MR) is 67.6 cm³/mol. The molecule has 3 atom stereocenters. The van der Waals surface area contributed by atoms with Gasteiger partial charge in [-0.05, 0) is 42.9 Å². The van der Waals surface area contributed by atoms with Crippen molar-refractivity contribution in [3.8, 4) is 0 Å². The van der Waals surface area contributed by atoms with Crippen molar-refractivity contribution in [2.75, 3.05) is 18.5 Å². The van der Waals surface area contributed by atoms with Gasteiger partial charge in [0.05, 0.1) is 11.8 Å². The van der Waals surface area contributed by atoms with Crippen LogP contribution in [-0.2, 0) is 0 Å². The van der Waals surface area contributed by atoms with E-state index in [1.54, 1.807) is 19.1 Å². The second kappa shape index (κ2) is 4.65. The number of hydrogen-bond acceptors (Lipinski definition) is 2. The average molecular weight is 237 g/mol. The summed E-state index contributed by atoms with van der Waals surface area (Å²) in [7, 11) is 1.92. The van der Waals surface area contributed by atoms with E-state index in [0.717, 1.165) is 12.5 Å². The Morgan fingerprint density at radius 3 is 2.65 bits per heavy atom. The van der Waals surface area contributed by atoms with E-state index >= 15 is 0 Å². The van der Waals surface area contributed by atoms with Gasteiger partial charge in [0.25, 0.3) is 0 Å². The van der Waals surface area contributed by atoms with Crippen molar-refractivity contribution in [3.05, 3.63) is 29.6 Å². The van der Waals surface area contributed by atoms with E-state index in [1.807, 2.05) is 11.9 Å². The normalized spacial score (nSPS) is 24.5. The van der Waals surface area contributed by atoms with Gasteiger partial charge >= 0.3 is 0 Å². The Morgan fingerprint density at radius 2 is 2.18 bits per heavy atom. The van der Waals surface area contributed by atoms with E-state index in [-0.39, 0.29) is 5.82 Å². The van der Waals surface area contributed by atoms with E-state index in [0.29, 0.717) is 17.2 Å². The maximum absolute atomic E-state index is 13.9. The van der Waals surface area contributed by atoms with Crippen molar-refractivity contribution in [2.24, 2.45) is 11.8 Å². The molecule has 0 amide bonds. The lowest BCUT2D eigenvalue weighted by atomic mass is 10.1. The number of hydrogen-bond donors (Lipinski definition) is 1. The minimum atomic E-state index is -0.618. The van der Waals surface area contributed by atoms with E-state index in [9.17, 15) is 9.50 Å². The Morgan fingerprint density at radius 1 is 1.53 bits per heavy atom. The zero-order valence-electron chi connectivity index (χ0n) is 10.7. The summed E-state index contributed by atoms with van der Waals surface area (Å²) in [6.45, 7) is 4.78. The number of benzene rings is 1. The van der Waals surface area contributed by atoms with Gasteiger partial charge in [0.2, 0.25) is 0 Å². The summed E-state index contributed by atoms with van der Waals surface area (Å²) in [4.78, 5) is 1.97. The molecular formula is C14H20FNO. The lowest BCUT2D eigenvalue weighted by Crippen LogP contribution is -2.21. The molecule has 1 fully saturated rings. The van der Waals surface area contributed by atoms with Crippen molar-refractivity contribution in [1.29, 1.82) is 0 Å². The standard InChI is InChI=1S/C14H20FNO/c1-9-6-12(9)8-16(3)14-5-4-11(10(2)17)7-13(14)15/h4-5,7,9-10,12,17H,6,8H2,1-3H3/t9?,10-,12?/m0/s1. The molecule has 0 heterocycles. The second-order valence-electron chi connectivity index (χ2n) is 5.24. The summed E-state index contributed by atoms with van der Waals surface area (Å²) in [5.74, 6) is 1.23. The van der Waals surface area contributed by atoms with Gasteiger partial charge in [-0.2, -0.15) is 0 Å². The third-order valence-corrected chi connectivity index (χ3v) is 3.65. The lowest BCUT2D eigenvalue weighted by molar-refractivity contribution is 0.199. The summed E-state index contributed by atoms with van der Waals surface area (Å²) < 4.78 is 13.9. The fourth-order valence-corrected chi connectivity index (χ4v) is 2.20. The Labute approximate surface area is 102 Å². The first-order valence-corrected chi connectivity index (χ1v) is 6.17. The molecule has 17 heavy (non-hydrogen) atoms. The van der Waals surface area contributed by atoms with Gasteiger partial charge in [-0.1, -0.05) is 13.0 Å². The predicted octanol–water partition coefficient (Wildman–Crippen LogP) is 2.97. The number of aliphatic hydroxyl groups is 1. The maximum atomic E-state index is 13.9. The average Bonchev–Trinajstić information content (AvgIpc) is 2.93. The number of anilines is 1. The molecule has 1 aromatic rings. The zero-order valence-corrected chi connectivity index (χ0v) is 10.7. The van der Waals surface area contributed by atoms with Gasteiger partial charge in [0.1, 0.15) is 5.82 Å². The highest BCUT2D eigenvalue weighted by Gasteiger charge is 2.33. The van der Waals surface area contributed by atoms with Crippen molar-refractivity contribution in [3.63, 3.8) is 0 Å². The molecule has 0 radical (unpaired) electrons. The van der Waals surface area contributed by atoms with Crippen LogP contribution in [0.15, 0.2) is 18.2 Å². The van der Waals surface area contributed by atoms with Gasteiger partial charge in [-0.3, -0.25) is 0 Å². The third kappa shape index (κ3) is 2.78. The van der Waals surface area contributed by atoms with Crippen LogP contribution in [0, 0.1) is 17.7 Å². The summed E-state index contributed by atoms with van der Waals surface area (Å²) >= 11 is 0. The Kier molecular flexibility index (Phi) is 3.38. The molecule has 1 N–H and O–H groups in total. The zero-order chi connectivity index (χ0) is 12.6. The van der Waals surface area contributed by atoms with Crippen LogP contribution < -0.4 is 4.90 Å². The molecule has 94 valence electrons. The van der Waals surface area contributed by atoms with Crippen molar-refractivity contribution in [2.45, 2.75) is 26.4 Å². The van der Waals surface area contributed by atoms with Crippen LogP contribution in [0.25, 0.3) is 0 Å². The highest BCUT2D eigenvalue weighted by Crippen LogP contribution is 2.39. The fraction of sp³-hybridized carbons (Fsp3) is 0.571. The van der Waals surface area contributed by atoms with E-state index in [1.165, 1.54) is 12.5 Å². The molecule has 0 aromatic heterocycles. The monoisotopic (exact) mass is 237 g/mol. The minimum Gasteiger partial charge on any atom is -0.389 e. The molecule has 2 nitrogen and oxygen atoms in total. The van der Waals surface area contributed by atoms with Gasteiger partial charge < -0.3 is 10.0 Å². The van der Waals surface area contributed by atoms with Crippen LogP contribution in [0.1, 0.15) is 31.9 Å². The molecule has 0 saturated heterocycles. The third-order valence-electron chi connectivity index (χ3n) is 3.65. The van der Waals surface area contributed by atoms with Crippen LogP contribution in [0.3, 0.4) is 0 Å². The SMILES string of the molecule is CC1CC1CN(C)c1ccc([C@H](C)O)cc1F. The smallest absolute Gasteiger partial charge is 0.146 e. The minimum absolute atomic E-state index is 0.251. The molecule has 3 heteroatoms. The molecule has 0 bridgehead atoms. The van der Waals surface area contributed by atoms with E-state index in [2.05, 4.69) is 6.92 Å². The largest absolute Gasteiger partial charge is 0.389 e. The number of nitrogens with zero attached hydrogens (tertiary/aromatic N) is 1. The Balaban J connectivity index is 2.09. The first kappa shape index (κ1) is 12.4.